The van der Waals surface area contributed by atoms with Gasteiger partial charge in [-0.15, -0.1) is 0 Å². The lowest BCUT2D eigenvalue weighted by Gasteiger charge is -2.26. The third-order valence-corrected chi connectivity index (χ3v) is 5.34. The Bertz CT molecular complexity index is 476. The van der Waals surface area contributed by atoms with E-state index >= 15 is 0 Å². The van der Waals surface area contributed by atoms with E-state index in [2.05, 4.69) is 51.7 Å². The van der Waals surface area contributed by atoms with Crippen LogP contribution in [0, 0.1) is 0 Å². The fraction of sp³-hybridized carbons (Fsp3) is 0.571. The monoisotopic (exact) mass is 357 g/mol. The Hall–Kier alpha value is 0.280. The summed E-state index contributed by atoms with van der Waals surface area (Å²) in [7, 11) is 0. The van der Waals surface area contributed by atoms with Gasteiger partial charge in [0.25, 0.3) is 0 Å². The maximum Gasteiger partial charge on any atom is 0.539 e. The number of hydrogen-bond donors (Lipinski definition) is 0. The molecule has 0 saturated heterocycles. The highest BCUT2D eigenvalue weighted by atomic mass is 35.9. The SMILES string of the molecule is CC(C)(C)c1ccc(O[P+](Cl)(Cl)OCl)c(C(C)(C)C)c1. The Labute approximate surface area is 137 Å². The second-order valence-electron chi connectivity index (χ2n) is 6.79. The maximum atomic E-state index is 5.91. The third-order valence-electron chi connectivity index (χ3n) is 2.94. The average Bonchev–Trinajstić information content (AvgIpc) is 2.26. The van der Waals surface area contributed by atoms with E-state index < -0.39 is 6.42 Å². The van der Waals surface area contributed by atoms with Gasteiger partial charge in [-0.25, -0.2) is 0 Å². The lowest BCUT2D eigenvalue weighted by molar-refractivity contribution is 0.493. The van der Waals surface area contributed by atoms with Crippen molar-refractivity contribution in [3.8, 4) is 5.75 Å². The number of benzene rings is 1. The van der Waals surface area contributed by atoms with Crippen LogP contribution in [0.25, 0.3) is 0 Å². The molecule has 20 heavy (non-hydrogen) atoms. The normalized spacial score (nSPS) is 13.4. The predicted molar refractivity (Wildman–Crippen MR) is 90.0 cm³/mol. The zero-order valence-electron chi connectivity index (χ0n) is 12.6. The highest BCUT2D eigenvalue weighted by Gasteiger charge is 2.43. The van der Waals surface area contributed by atoms with Crippen LogP contribution in [-0.4, -0.2) is 0 Å². The molecule has 6 heteroatoms. The van der Waals surface area contributed by atoms with Crippen LogP contribution >= 0.6 is 40.8 Å². The van der Waals surface area contributed by atoms with Gasteiger partial charge in [0.1, 0.15) is 11.9 Å². The van der Waals surface area contributed by atoms with Gasteiger partial charge in [-0.1, -0.05) is 53.7 Å². The molecular formula is C14H21Cl3O2P+. The molecule has 0 aliphatic heterocycles. The minimum atomic E-state index is -3.09. The predicted octanol–water partition coefficient (Wildman–Crippen LogP) is 6.99. The van der Waals surface area contributed by atoms with Gasteiger partial charge in [0.15, 0.2) is 28.2 Å². The van der Waals surface area contributed by atoms with Gasteiger partial charge in [-0.3, -0.25) is 4.52 Å². The summed E-state index contributed by atoms with van der Waals surface area (Å²) in [6, 6.07) is 6.00. The van der Waals surface area contributed by atoms with Crippen molar-refractivity contribution >= 4 is 40.8 Å². The lowest BCUT2D eigenvalue weighted by Crippen LogP contribution is -2.17. The molecule has 0 aromatic heterocycles. The molecule has 0 atom stereocenters. The second-order valence-corrected chi connectivity index (χ2v) is 11.5. The molecule has 1 aromatic carbocycles. The molecule has 1 aromatic rings. The van der Waals surface area contributed by atoms with E-state index in [0.717, 1.165) is 5.56 Å². The van der Waals surface area contributed by atoms with Crippen LogP contribution < -0.4 is 4.52 Å². The minimum Gasteiger partial charge on any atom is -0.280 e. The van der Waals surface area contributed by atoms with Crippen molar-refractivity contribution < 1.29 is 8.60 Å². The summed E-state index contributed by atoms with van der Waals surface area (Å²) in [5, 5.41) is 0. The molecular weight excluding hydrogens is 337 g/mol. The number of halogens is 3. The topological polar surface area (TPSA) is 18.5 Å². The molecule has 0 unspecified atom stereocenters. The van der Waals surface area contributed by atoms with Crippen molar-refractivity contribution in [3.63, 3.8) is 0 Å². The summed E-state index contributed by atoms with van der Waals surface area (Å²) in [4.78, 5) is 0. The minimum absolute atomic E-state index is 0.0513. The Morgan fingerprint density at radius 2 is 1.50 bits per heavy atom. The van der Waals surface area contributed by atoms with E-state index in [9.17, 15) is 0 Å². The first kappa shape index (κ1) is 18.3. The van der Waals surface area contributed by atoms with E-state index in [1.807, 2.05) is 12.1 Å². The quantitative estimate of drug-likeness (QED) is 0.542. The van der Waals surface area contributed by atoms with Crippen molar-refractivity contribution in [3.05, 3.63) is 29.3 Å². The summed E-state index contributed by atoms with van der Waals surface area (Å²) in [5.41, 5.74) is 2.17. The summed E-state index contributed by atoms with van der Waals surface area (Å²) in [6.45, 7) is 12.8. The fourth-order valence-electron chi connectivity index (χ4n) is 1.79. The first-order chi connectivity index (χ1) is 8.87. The Morgan fingerprint density at radius 1 is 0.950 bits per heavy atom. The lowest BCUT2D eigenvalue weighted by atomic mass is 9.80. The van der Waals surface area contributed by atoms with Crippen molar-refractivity contribution in [1.29, 1.82) is 0 Å². The van der Waals surface area contributed by atoms with Gasteiger partial charge in [-0.2, -0.15) is 0 Å². The van der Waals surface area contributed by atoms with Crippen LogP contribution in [-0.2, 0) is 14.9 Å². The van der Waals surface area contributed by atoms with Gasteiger partial charge in [0.2, 0.25) is 0 Å². The van der Waals surface area contributed by atoms with E-state index in [1.54, 1.807) is 0 Å². The van der Waals surface area contributed by atoms with Crippen LogP contribution in [0.1, 0.15) is 52.7 Å². The highest BCUT2D eigenvalue weighted by molar-refractivity contribution is 8.11. The number of hydrogen-bond acceptors (Lipinski definition) is 2. The molecule has 114 valence electrons. The molecule has 0 heterocycles. The van der Waals surface area contributed by atoms with Crippen LogP contribution in [0.4, 0.5) is 0 Å². The van der Waals surface area contributed by atoms with Crippen LogP contribution in [0.2, 0.25) is 0 Å². The van der Waals surface area contributed by atoms with E-state index in [0.29, 0.717) is 5.75 Å². The standard InChI is InChI=1S/C14H21Cl3O2P/c1-13(2,3)10-7-8-12(18-20(16,17)19-15)11(9-10)14(4,5)6/h7-9H,1-6H3/q+1. The summed E-state index contributed by atoms with van der Waals surface area (Å²) in [5.74, 6) is 0.601. The Kier molecular flexibility index (Phi) is 5.67. The van der Waals surface area contributed by atoms with Gasteiger partial charge in [0, 0.05) is 5.56 Å². The second kappa shape index (κ2) is 6.18. The summed E-state index contributed by atoms with van der Waals surface area (Å²) >= 11 is 17.1. The summed E-state index contributed by atoms with van der Waals surface area (Å²) < 4.78 is 10.1. The van der Waals surface area contributed by atoms with Crippen molar-refractivity contribution in [2.45, 2.75) is 52.4 Å². The highest BCUT2D eigenvalue weighted by Crippen LogP contribution is 2.71. The molecule has 0 fully saturated rings. The molecule has 2 nitrogen and oxygen atoms in total. The molecule has 0 aliphatic rings. The first-order valence-corrected chi connectivity index (χ1v) is 10.0. The maximum absolute atomic E-state index is 5.91. The van der Waals surface area contributed by atoms with Crippen molar-refractivity contribution in [1.82, 2.24) is 0 Å². The molecule has 0 amide bonds. The van der Waals surface area contributed by atoms with Crippen molar-refractivity contribution in [2.75, 3.05) is 0 Å². The van der Waals surface area contributed by atoms with Gasteiger partial charge >= 0.3 is 6.42 Å². The van der Waals surface area contributed by atoms with Crippen molar-refractivity contribution in [2.24, 2.45) is 0 Å². The zero-order valence-corrected chi connectivity index (χ0v) is 15.8. The van der Waals surface area contributed by atoms with Crippen LogP contribution in [0.15, 0.2) is 18.2 Å². The van der Waals surface area contributed by atoms with Gasteiger partial charge in [0.05, 0.1) is 0 Å². The molecule has 0 spiro atoms. The molecule has 0 aliphatic carbocycles. The van der Waals surface area contributed by atoms with Crippen LogP contribution in [0.3, 0.4) is 0 Å². The van der Waals surface area contributed by atoms with E-state index in [1.165, 1.54) is 5.56 Å². The largest absolute Gasteiger partial charge is 0.539 e. The molecule has 0 N–H and O–H groups in total. The molecule has 0 bridgehead atoms. The summed E-state index contributed by atoms with van der Waals surface area (Å²) in [6.07, 6.45) is -3.09. The van der Waals surface area contributed by atoms with Gasteiger partial charge < -0.3 is 0 Å². The van der Waals surface area contributed by atoms with E-state index in [-0.39, 0.29) is 10.8 Å². The molecule has 0 saturated carbocycles. The average molecular weight is 359 g/mol. The Morgan fingerprint density at radius 3 is 1.90 bits per heavy atom. The third kappa shape index (κ3) is 4.93. The number of rotatable bonds is 3. The Balaban J connectivity index is 3.32. The zero-order chi connectivity index (χ0) is 15.8. The van der Waals surface area contributed by atoms with E-state index in [4.69, 9.17) is 38.9 Å². The van der Waals surface area contributed by atoms with Crippen LogP contribution in [0.5, 0.6) is 5.75 Å². The molecule has 1 rings (SSSR count). The smallest absolute Gasteiger partial charge is 0.280 e. The van der Waals surface area contributed by atoms with Gasteiger partial charge in [-0.05, 0) is 26.5 Å². The molecule has 0 radical (unpaired) electrons. The first-order valence-electron chi connectivity index (χ1n) is 6.30. The fourth-order valence-corrected chi connectivity index (χ4v) is 2.74.